The van der Waals surface area contributed by atoms with Gasteiger partial charge in [0.05, 0.1) is 44.6 Å². The molecule has 0 spiro atoms. The fraction of sp³-hybridized carbons (Fsp3) is 0.357. The number of aliphatic hydroxyl groups is 2. The Morgan fingerprint density at radius 2 is 1.78 bits per heavy atom. The fourth-order valence-electron chi connectivity index (χ4n) is 6.03. The molecule has 5 atom stereocenters. The van der Waals surface area contributed by atoms with E-state index in [1.54, 1.807) is 49.6 Å². The van der Waals surface area contributed by atoms with Crippen molar-refractivity contribution in [3.8, 4) is 23.6 Å². The van der Waals surface area contributed by atoms with Crippen LogP contribution in [0.1, 0.15) is 28.2 Å². The molecule has 37 heavy (non-hydrogen) atoms. The molecule has 1 aromatic heterocycles. The van der Waals surface area contributed by atoms with Gasteiger partial charge in [-0.25, -0.2) is 0 Å². The lowest BCUT2D eigenvalue weighted by Crippen LogP contribution is -2.52. The lowest BCUT2D eigenvalue weighted by Gasteiger charge is -2.41. The Kier molecular flexibility index (Phi) is 6.30. The van der Waals surface area contributed by atoms with E-state index in [1.807, 2.05) is 30.3 Å². The van der Waals surface area contributed by atoms with E-state index < -0.39 is 29.1 Å². The van der Waals surface area contributed by atoms with Gasteiger partial charge in [0, 0.05) is 31.5 Å². The summed E-state index contributed by atoms with van der Waals surface area (Å²) in [5, 5.41) is 35.8. The molecule has 2 aliphatic rings. The molecule has 1 fully saturated rings. The smallest absolute Gasteiger partial charge is 0.226 e. The van der Waals surface area contributed by atoms with Crippen LogP contribution in [0.2, 0.25) is 0 Å². The van der Waals surface area contributed by atoms with Crippen LogP contribution in [0.3, 0.4) is 0 Å². The van der Waals surface area contributed by atoms with Crippen molar-refractivity contribution in [2.75, 3.05) is 34.9 Å². The fourth-order valence-corrected chi connectivity index (χ4v) is 6.03. The second-order valence-electron chi connectivity index (χ2n) is 9.33. The molecule has 3 aromatic rings. The Hall–Kier alpha value is -3.68. The van der Waals surface area contributed by atoms with Crippen LogP contribution >= 0.6 is 0 Å². The summed E-state index contributed by atoms with van der Waals surface area (Å²) in [6.45, 7) is 0.294. The highest BCUT2D eigenvalue weighted by Gasteiger charge is 2.77. The van der Waals surface area contributed by atoms with Gasteiger partial charge in [0.2, 0.25) is 11.8 Å². The second kappa shape index (κ2) is 9.32. The van der Waals surface area contributed by atoms with E-state index in [0.29, 0.717) is 23.4 Å². The van der Waals surface area contributed by atoms with Gasteiger partial charge in [-0.1, -0.05) is 42.5 Å². The average molecular weight is 504 g/mol. The molecule has 2 N–H and O–H groups in total. The van der Waals surface area contributed by atoms with Crippen LogP contribution in [-0.4, -0.2) is 61.3 Å². The number of aromatic nitrogens is 1. The van der Waals surface area contributed by atoms with Gasteiger partial charge in [-0.3, -0.25) is 0 Å². The summed E-state index contributed by atoms with van der Waals surface area (Å²) >= 11 is 0. The number of nitrogens with zero attached hydrogens (tertiary/aromatic N) is 3. The number of hydrogen-bond acceptors (Lipinski definition) is 9. The van der Waals surface area contributed by atoms with E-state index in [4.69, 9.17) is 19.0 Å². The lowest BCUT2D eigenvalue weighted by atomic mass is 9.70. The maximum absolute atomic E-state index is 12.8. The first kappa shape index (κ1) is 25.0. The van der Waals surface area contributed by atoms with Crippen molar-refractivity contribution >= 4 is 0 Å². The normalized spacial score (nSPS) is 27.8. The SMILES string of the molecule is COc1cc2c(c(OC)n1)[C@]1(O)[C@H](O)[C@@H](CN(C)OC)[C@@H](c3ccccc3)[C@]1(c1ccc(C#N)cc1)O2. The summed E-state index contributed by atoms with van der Waals surface area (Å²) in [6, 6.07) is 20.2. The minimum atomic E-state index is -1.97. The van der Waals surface area contributed by atoms with Gasteiger partial charge in [-0.2, -0.15) is 15.3 Å². The van der Waals surface area contributed by atoms with Gasteiger partial charge in [-0.05, 0) is 23.3 Å². The summed E-state index contributed by atoms with van der Waals surface area (Å²) < 4.78 is 17.8. The number of pyridine rings is 1. The molecule has 0 saturated heterocycles. The first-order valence-electron chi connectivity index (χ1n) is 11.9. The van der Waals surface area contributed by atoms with Crippen LogP contribution in [0.25, 0.3) is 0 Å². The van der Waals surface area contributed by atoms with Gasteiger partial charge in [0.15, 0.2) is 11.2 Å². The molecule has 192 valence electrons. The first-order chi connectivity index (χ1) is 17.8. The topological polar surface area (TPSA) is 117 Å². The number of methoxy groups -OCH3 is 2. The van der Waals surface area contributed by atoms with E-state index in [2.05, 4.69) is 11.1 Å². The van der Waals surface area contributed by atoms with E-state index in [0.717, 1.165) is 5.56 Å². The molecular weight excluding hydrogens is 474 g/mol. The number of aliphatic hydroxyl groups excluding tert-OH is 1. The Labute approximate surface area is 215 Å². The predicted molar refractivity (Wildman–Crippen MR) is 133 cm³/mol. The molecule has 0 unspecified atom stereocenters. The maximum atomic E-state index is 12.8. The highest BCUT2D eigenvalue weighted by Crippen LogP contribution is 2.69. The van der Waals surface area contributed by atoms with Gasteiger partial charge in [0.25, 0.3) is 0 Å². The standard InChI is InChI=1S/C28H29N3O6/c1-31(36-4)16-20-23(18-8-6-5-7-9-18)28(19-12-10-17(15-29)11-13-19)27(33,25(20)32)24-21(37-28)14-22(34-2)30-26(24)35-3/h5-14,20,23,25,32-33H,16H2,1-4H3/t20-,23+,25+,27-,28-/m0/s1. The molecule has 0 radical (unpaired) electrons. The quantitative estimate of drug-likeness (QED) is 0.469. The number of hydroxylamine groups is 2. The second-order valence-corrected chi connectivity index (χ2v) is 9.33. The zero-order valence-corrected chi connectivity index (χ0v) is 21.1. The molecule has 9 heteroatoms. The molecule has 1 aliphatic carbocycles. The highest BCUT2D eigenvalue weighted by molar-refractivity contribution is 5.60. The number of fused-ring (bicyclic) bond motifs is 3. The average Bonchev–Trinajstić information content (AvgIpc) is 3.31. The zero-order chi connectivity index (χ0) is 26.4. The third-order valence-electron chi connectivity index (χ3n) is 7.63. The van der Waals surface area contributed by atoms with Gasteiger partial charge >= 0.3 is 0 Å². The summed E-state index contributed by atoms with van der Waals surface area (Å²) in [5.41, 5.74) is -1.29. The van der Waals surface area contributed by atoms with Crippen molar-refractivity contribution in [3.05, 3.63) is 82.9 Å². The minimum absolute atomic E-state index is 0.0963. The summed E-state index contributed by atoms with van der Waals surface area (Å²) in [7, 11) is 6.24. The van der Waals surface area contributed by atoms with Crippen LogP contribution in [0.5, 0.6) is 17.5 Å². The molecule has 0 amide bonds. The summed E-state index contributed by atoms with van der Waals surface area (Å²) in [5.74, 6) is -0.432. The Bertz CT molecular complexity index is 1330. The largest absolute Gasteiger partial charge is 0.481 e. The molecule has 5 rings (SSSR count). The summed E-state index contributed by atoms with van der Waals surface area (Å²) in [6.07, 6.45) is -1.31. The van der Waals surface area contributed by atoms with E-state index in [1.165, 1.54) is 14.2 Å². The Morgan fingerprint density at radius 1 is 1.08 bits per heavy atom. The number of hydrogen-bond donors (Lipinski definition) is 2. The van der Waals surface area contributed by atoms with Crippen molar-refractivity contribution in [1.82, 2.24) is 10.0 Å². The van der Waals surface area contributed by atoms with Gasteiger partial charge in [0.1, 0.15) is 5.75 Å². The number of ether oxygens (including phenoxy) is 3. The molecule has 2 aromatic carbocycles. The van der Waals surface area contributed by atoms with Gasteiger partial charge < -0.3 is 29.3 Å². The van der Waals surface area contributed by atoms with Gasteiger partial charge in [-0.15, -0.1) is 0 Å². The molecule has 1 saturated carbocycles. The number of benzene rings is 2. The van der Waals surface area contributed by atoms with Crippen molar-refractivity contribution < 1.29 is 29.3 Å². The third-order valence-corrected chi connectivity index (χ3v) is 7.63. The first-order valence-corrected chi connectivity index (χ1v) is 11.9. The minimum Gasteiger partial charge on any atom is -0.481 e. The molecule has 1 aliphatic heterocycles. The number of rotatable bonds is 7. The van der Waals surface area contributed by atoms with E-state index >= 15 is 0 Å². The van der Waals surface area contributed by atoms with Crippen LogP contribution in [0, 0.1) is 17.2 Å². The molecule has 2 heterocycles. The van der Waals surface area contributed by atoms with Crippen LogP contribution in [-0.2, 0) is 16.0 Å². The monoisotopic (exact) mass is 503 g/mol. The van der Waals surface area contributed by atoms with Crippen molar-refractivity contribution in [2.24, 2.45) is 5.92 Å². The molecule has 0 bridgehead atoms. The van der Waals surface area contributed by atoms with E-state index in [9.17, 15) is 15.5 Å². The van der Waals surface area contributed by atoms with Crippen molar-refractivity contribution in [1.29, 1.82) is 5.26 Å². The zero-order valence-electron chi connectivity index (χ0n) is 21.1. The van der Waals surface area contributed by atoms with Crippen LogP contribution < -0.4 is 14.2 Å². The molecule has 9 nitrogen and oxygen atoms in total. The Balaban J connectivity index is 1.85. The summed E-state index contributed by atoms with van der Waals surface area (Å²) in [4.78, 5) is 9.82. The van der Waals surface area contributed by atoms with Crippen molar-refractivity contribution in [3.63, 3.8) is 0 Å². The highest BCUT2D eigenvalue weighted by atomic mass is 16.7. The van der Waals surface area contributed by atoms with Crippen LogP contribution in [0.4, 0.5) is 0 Å². The predicted octanol–water partition coefficient (Wildman–Crippen LogP) is 2.71. The number of nitriles is 1. The maximum Gasteiger partial charge on any atom is 0.226 e. The molecular formula is C28H29N3O6. The lowest BCUT2D eigenvalue weighted by molar-refractivity contribution is -0.158. The van der Waals surface area contributed by atoms with E-state index in [-0.39, 0.29) is 17.3 Å². The Morgan fingerprint density at radius 3 is 2.38 bits per heavy atom. The van der Waals surface area contributed by atoms with Crippen molar-refractivity contribution in [2.45, 2.75) is 23.2 Å². The third kappa shape index (κ3) is 3.49. The van der Waals surface area contributed by atoms with Crippen LogP contribution in [0.15, 0.2) is 60.7 Å².